The summed E-state index contributed by atoms with van der Waals surface area (Å²) < 4.78 is 0. The van der Waals surface area contributed by atoms with Gasteiger partial charge in [-0.1, -0.05) is 19.8 Å². The van der Waals surface area contributed by atoms with Crippen molar-refractivity contribution in [2.45, 2.75) is 57.9 Å². The third kappa shape index (κ3) is 3.17. The fraction of sp³-hybridized carbons (Fsp3) is 0.812. The minimum atomic E-state index is 0.765. The molecule has 0 amide bonds. The molecule has 0 aromatic carbocycles. The van der Waals surface area contributed by atoms with E-state index in [2.05, 4.69) is 17.1 Å². The van der Waals surface area contributed by atoms with Crippen LogP contribution in [0.25, 0.3) is 0 Å². The fourth-order valence-electron chi connectivity index (χ4n) is 3.27. The molecule has 1 aromatic heterocycles. The summed E-state index contributed by atoms with van der Waals surface area (Å²) in [6, 6.07) is 0. The molecule has 1 aromatic rings. The Hall–Kier alpha value is -0.610. The van der Waals surface area contributed by atoms with Gasteiger partial charge >= 0.3 is 0 Å². The molecule has 2 heterocycles. The molecule has 3 nitrogen and oxygen atoms in total. The van der Waals surface area contributed by atoms with E-state index in [0.717, 1.165) is 18.4 Å². The molecule has 3 rings (SSSR count). The van der Waals surface area contributed by atoms with Crippen LogP contribution in [0.5, 0.6) is 0 Å². The van der Waals surface area contributed by atoms with Crippen LogP contribution in [0.4, 0.5) is 5.13 Å². The topological polar surface area (TPSA) is 28.2 Å². The Morgan fingerprint density at radius 1 is 1.25 bits per heavy atom. The van der Waals surface area contributed by atoms with E-state index < -0.39 is 0 Å². The molecule has 1 saturated heterocycles. The third-order valence-corrected chi connectivity index (χ3v) is 5.73. The molecule has 1 saturated carbocycles. The van der Waals surface area contributed by atoms with Gasteiger partial charge in [0, 0.05) is 30.4 Å². The molecule has 20 heavy (non-hydrogen) atoms. The van der Waals surface area contributed by atoms with Gasteiger partial charge in [0.05, 0.1) is 5.69 Å². The number of aromatic nitrogens is 1. The molecule has 0 bridgehead atoms. The van der Waals surface area contributed by atoms with Gasteiger partial charge in [-0.15, -0.1) is 11.3 Å². The first-order valence-electron chi connectivity index (χ1n) is 8.21. The van der Waals surface area contributed by atoms with Gasteiger partial charge < -0.3 is 10.2 Å². The predicted octanol–water partition coefficient (Wildman–Crippen LogP) is 3.76. The van der Waals surface area contributed by atoms with Crippen molar-refractivity contribution in [2.75, 3.05) is 25.0 Å². The number of hydrogen-bond donors (Lipinski definition) is 1. The van der Waals surface area contributed by atoms with Gasteiger partial charge in [0.2, 0.25) is 0 Å². The summed E-state index contributed by atoms with van der Waals surface area (Å²) >= 11 is 1.93. The van der Waals surface area contributed by atoms with Crippen LogP contribution in [-0.4, -0.2) is 25.1 Å². The number of nitrogens with zero attached hydrogens (tertiary/aromatic N) is 2. The lowest BCUT2D eigenvalue weighted by Crippen LogP contribution is -2.33. The smallest absolute Gasteiger partial charge is 0.185 e. The average Bonchev–Trinajstić information content (AvgIpc) is 3.22. The van der Waals surface area contributed by atoms with Gasteiger partial charge in [-0.2, -0.15) is 0 Å². The minimum absolute atomic E-state index is 0.765. The second kappa shape index (κ2) is 6.44. The van der Waals surface area contributed by atoms with E-state index in [0.29, 0.717) is 0 Å². The van der Waals surface area contributed by atoms with Crippen LogP contribution in [0.3, 0.4) is 0 Å². The van der Waals surface area contributed by atoms with Crippen LogP contribution in [0.1, 0.15) is 61.9 Å². The molecule has 2 fully saturated rings. The summed E-state index contributed by atoms with van der Waals surface area (Å²) in [6.07, 6.45) is 8.14. The molecule has 2 aliphatic rings. The summed E-state index contributed by atoms with van der Waals surface area (Å²) in [5.41, 5.74) is 1.40. The molecule has 0 spiro atoms. The third-order valence-electron chi connectivity index (χ3n) is 4.60. The van der Waals surface area contributed by atoms with Crippen molar-refractivity contribution in [3.05, 3.63) is 10.6 Å². The Balaban J connectivity index is 1.66. The molecule has 4 heteroatoms. The maximum atomic E-state index is 4.99. The molecule has 1 N–H and O–H groups in total. The number of rotatable bonds is 6. The fourth-order valence-corrected chi connectivity index (χ4v) is 4.48. The zero-order valence-corrected chi connectivity index (χ0v) is 13.6. The van der Waals surface area contributed by atoms with Gasteiger partial charge in [-0.25, -0.2) is 4.98 Å². The molecule has 112 valence electrons. The first-order valence-corrected chi connectivity index (χ1v) is 9.02. The highest BCUT2D eigenvalue weighted by atomic mass is 32.1. The second-order valence-electron chi connectivity index (χ2n) is 6.33. The van der Waals surface area contributed by atoms with E-state index in [1.54, 1.807) is 0 Å². The van der Waals surface area contributed by atoms with Crippen LogP contribution in [0.2, 0.25) is 0 Å². The van der Waals surface area contributed by atoms with Crippen molar-refractivity contribution in [2.24, 2.45) is 5.92 Å². The molecule has 1 aliphatic carbocycles. The minimum Gasteiger partial charge on any atom is -0.348 e. The molecule has 0 unspecified atom stereocenters. The highest BCUT2D eigenvalue weighted by Gasteiger charge is 2.31. The van der Waals surface area contributed by atoms with Crippen molar-refractivity contribution in [3.63, 3.8) is 0 Å². The van der Waals surface area contributed by atoms with E-state index in [1.165, 1.54) is 67.3 Å². The summed E-state index contributed by atoms with van der Waals surface area (Å²) in [7, 11) is 2.03. The van der Waals surface area contributed by atoms with Crippen LogP contribution < -0.4 is 10.2 Å². The lowest BCUT2D eigenvalue weighted by Gasteiger charge is -2.31. The lowest BCUT2D eigenvalue weighted by atomic mass is 9.93. The lowest BCUT2D eigenvalue weighted by molar-refractivity contribution is 0.378. The Labute approximate surface area is 126 Å². The zero-order chi connectivity index (χ0) is 13.9. The van der Waals surface area contributed by atoms with Crippen molar-refractivity contribution in [1.82, 2.24) is 10.3 Å². The maximum Gasteiger partial charge on any atom is 0.185 e. The summed E-state index contributed by atoms with van der Waals surface area (Å²) in [6.45, 7) is 5.71. The quantitative estimate of drug-likeness (QED) is 0.865. The Kier molecular flexibility index (Phi) is 4.61. The largest absolute Gasteiger partial charge is 0.348 e. The standard InChI is InChI=1S/C16H27N3S/c1-3-4-12-7-9-19(10-8-12)16-18-15(13-5-6-13)14(20-16)11-17-2/h12-13,17H,3-11H2,1-2H3. The number of nitrogens with one attached hydrogen (secondary N) is 1. The SMILES string of the molecule is CCCC1CCN(c2nc(C3CC3)c(CNC)s2)CC1. The Morgan fingerprint density at radius 3 is 2.60 bits per heavy atom. The van der Waals surface area contributed by atoms with Crippen molar-refractivity contribution in [3.8, 4) is 0 Å². The van der Waals surface area contributed by atoms with Gasteiger partial charge in [-0.3, -0.25) is 0 Å². The van der Waals surface area contributed by atoms with Crippen molar-refractivity contribution in [1.29, 1.82) is 0 Å². The molecule has 0 radical (unpaired) electrons. The van der Waals surface area contributed by atoms with E-state index in [1.807, 2.05) is 18.4 Å². The van der Waals surface area contributed by atoms with E-state index in [9.17, 15) is 0 Å². The van der Waals surface area contributed by atoms with Crippen LogP contribution >= 0.6 is 11.3 Å². The molecule has 1 aliphatic heterocycles. The van der Waals surface area contributed by atoms with Crippen LogP contribution in [0.15, 0.2) is 0 Å². The van der Waals surface area contributed by atoms with E-state index in [-0.39, 0.29) is 0 Å². The highest BCUT2D eigenvalue weighted by molar-refractivity contribution is 7.15. The Bertz CT molecular complexity index is 431. The zero-order valence-electron chi connectivity index (χ0n) is 12.8. The van der Waals surface area contributed by atoms with Gasteiger partial charge in [0.25, 0.3) is 0 Å². The highest BCUT2D eigenvalue weighted by Crippen LogP contribution is 2.44. The number of hydrogen-bond acceptors (Lipinski definition) is 4. The number of anilines is 1. The van der Waals surface area contributed by atoms with Gasteiger partial charge in [-0.05, 0) is 38.6 Å². The van der Waals surface area contributed by atoms with Crippen LogP contribution in [-0.2, 0) is 6.54 Å². The van der Waals surface area contributed by atoms with Gasteiger partial charge in [0.1, 0.15) is 0 Å². The Morgan fingerprint density at radius 2 is 2.00 bits per heavy atom. The maximum absolute atomic E-state index is 4.99. The number of thiazole rings is 1. The van der Waals surface area contributed by atoms with Crippen LogP contribution in [0, 0.1) is 5.92 Å². The summed E-state index contributed by atoms with van der Waals surface area (Å²) in [5.74, 6) is 1.72. The van der Waals surface area contributed by atoms with E-state index >= 15 is 0 Å². The normalized spacial score (nSPS) is 20.6. The monoisotopic (exact) mass is 293 g/mol. The average molecular weight is 293 g/mol. The summed E-state index contributed by atoms with van der Waals surface area (Å²) in [4.78, 5) is 8.99. The second-order valence-corrected chi connectivity index (χ2v) is 7.39. The first-order chi connectivity index (χ1) is 9.81. The van der Waals surface area contributed by atoms with Crippen molar-refractivity contribution >= 4 is 16.5 Å². The first kappa shape index (κ1) is 14.3. The van der Waals surface area contributed by atoms with E-state index in [4.69, 9.17) is 4.98 Å². The molecular formula is C16H27N3S. The number of piperidine rings is 1. The molecule has 0 atom stereocenters. The van der Waals surface area contributed by atoms with Crippen molar-refractivity contribution < 1.29 is 0 Å². The summed E-state index contributed by atoms with van der Waals surface area (Å²) in [5, 5.41) is 4.58. The predicted molar refractivity (Wildman–Crippen MR) is 86.7 cm³/mol. The van der Waals surface area contributed by atoms with Gasteiger partial charge in [0.15, 0.2) is 5.13 Å². The molecular weight excluding hydrogens is 266 g/mol.